The Hall–Kier alpha value is -1.52. The van der Waals surface area contributed by atoms with E-state index in [9.17, 15) is 4.79 Å². The number of rotatable bonds is 0. The zero-order valence-electron chi connectivity index (χ0n) is 5.40. The molecule has 5 heteroatoms. The molecule has 0 saturated heterocycles. The maximum absolute atomic E-state index is 10.7. The molecule has 0 unspecified atom stereocenters. The summed E-state index contributed by atoms with van der Waals surface area (Å²) in [5, 5.41) is 8.85. The SMILES string of the molecule is Cn1c(O)nc(N)cc1=O. The highest BCUT2D eigenvalue weighted by Crippen LogP contribution is 1.99. The van der Waals surface area contributed by atoms with Gasteiger partial charge in [-0.25, -0.2) is 0 Å². The number of hydrogen-bond acceptors (Lipinski definition) is 4. The number of nitrogens with two attached hydrogens (primary N) is 1. The lowest BCUT2D eigenvalue weighted by molar-refractivity contribution is 0.400. The van der Waals surface area contributed by atoms with Crippen LogP contribution in [0.3, 0.4) is 0 Å². The highest BCUT2D eigenvalue weighted by Gasteiger charge is 1.98. The molecule has 0 amide bonds. The lowest BCUT2D eigenvalue weighted by atomic mass is 10.6. The molecule has 1 aromatic rings. The van der Waals surface area contributed by atoms with Crippen LogP contribution in [0.2, 0.25) is 0 Å². The molecule has 0 saturated carbocycles. The summed E-state index contributed by atoms with van der Waals surface area (Å²) in [7, 11) is 1.41. The number of nitrogen functional groups attached to an aromatic ring is 1. The van der Waals surface area contributed by atoms with E-state index in [0.717, 1.165) is 10.6 Å². The number of anilines is 1. The van der Waals surface area contributed by atoms with E-state index in [1.165, 1.54) is 7.05 Å². The predicted molar refractivity (Wildman–Crippen MR) is 35.6 cm³/mol. The molecule has 54 valence electrons. The van der Waals surface area contributed by atoms with Crippen LogP contribution >= 0.6 is 0 Å². The average molecular weight is 141 g/mol. The minimum Gasteiger partial charge on any atom is -0.480 e. The van der Waals surface area contributed by atoms with Gasteiger partial charge in [-0.1, -0.05) is 0 Å². The predicted octanol–water partition coefficient (Wildman–Crippen LogP) is -0.932. The Balaban J connectivity index is 3.46. The minimum absolute atomic E-state index is 0.0283. The van der Waals surface area contributed by atoms with Crippen LogP contribution in [0.4, 0.5) is 5.82 Å². The van der Waals surface area contributed by atoms with Crippen molar-refractivity contribution in [2.75, 3.05) is 5.73 Å². The summed E-state index contributed by atoms with van der Waals surface area (Å²) < 4.78 is 0.996. The van der Waals surface area contributed by atoms with Gasteiger partial charge in [0.1, 0.15) is 5.82 Å². The summed E-state index contributed by atoms with van der Waals surface area (Å²) in [6.45, 7) is 0. The van der Waals surface area contributed by atoms with Crippen LogP contribution in [0.1, 0.15) is 0 Å². The fourth-order valence-corrected chi connectivity index (χ4v) is 0.545. The monoisotopic (exact) mass is 141 g/mol. The third kappa shape index (κ3) is 0.928. The molecule has 1 rings (SSSR count). The van der Waals surface area contributed by atoms with E-state index in [1.807, 2.05) is 0 Å². The van der Waals surface area contributed by atoms with Crippen molar-refractivity contribution in [3.8, 4) is 6.01 Å². The Bertz CT molecular complexity index is 304. The van der Waals surface area contributed by atoms with E-state index >= 15 is 0 Å². The number of nitrogens with zero attached hydrogens (tertiary/aromatic N) is 2. The van der Waals surface area contributed by atoms with Crippen molar-refractivity contribution < 1.29 is 5.11 Å². The molecule has 5 nitrogen and oxygen atoms in total. The van der Waals surface area contributed by atoms with Gasteiger partial charge in [0.05, 0.1) is 0 Å². The van der Waals surface area contributed by atoms with Gasteiger partial charge in [-0.3, -0.25) is 9.36 Å². The maximum atomic E-state index is 10.7. The Labute approximate surface area is 56.7 Å². The molecule has 0 fully saturated rings. The van der Waals surface area contributed by atoms with E-state index in [1.54, 1.807) is 0 Å². The standard InChI is InChI=1S/C5H7N3O2/c1-8-4(9)2-3(6)7-5(8)10/h2H,6H2,1H3,(H,7,10). The quantitative estimate of drug-likeness (QED) is 0.489. The van der Waals surface area contributed by atoms with Crippen LogP contribution in [-0.2, 0) is 7.05 Å². The Morgan fingerprint density at radius 3 is 2.90 bits per heavy atom. The van der Waals surface area contributed by atoms with Crippen LogP contribution in [-0.4, -0.2) is 14.7 Å². The fourth-order valence-electron chi connectivity index (χ4n) is 0.545. The molecule has 0 radical (unpaired) electrons. The van der Waals surface area contributed by atoms with Gasteiger partial charge < -0.3 is 10.8 Å². The van der Waals surface area contributed by atoms with Crippen LogP contribution in [0.5, 0.6) is 6.01 Å². The molecule has 0 bridgehead atoms. The van der Waals surface area contributed by atoms with E-state index in [2.05, 4.69) is 4.98 Å². The highest BCUT2D eigenvalue weighted by atomic mass is 16.3. The first-order valence-corrected chi connectivity index (χ1v) is 2.64. The second-order valence-electron chi connectivity index (χ2n) is 1.88. The summed E-state index contributed by atoms with van der Waals surface area (Å²) >= 11 is 0. The van der Waals surface area contributed by atoms with Crippen molar-refractivity contribution in [1.82, 2.24) is 9.55 Å². The van der Waals surface area contributed by atoms with Gasteiger partial charge in [-0.15, -0.1) is 0 Å². The van der Waals surface area contributed by atoms with Gasteiger partial charge in [-0.2, -0.15) is 4.98 Å². The third-order valence-corrected chi connectivity index (χ3v) is 1.13. The molecular formula is C5H7N3O2. The molecule has 0 aliphatic heterocycles. The van der Waals surface area contributed by atoms with Gasteiger partial charge in [0.2, 0.25) is 0 Å². The topological polar surface area (TPSA) is 81.1 Å². The first-order chi connectivity index (χ1) is 4.61. The zero-order valence-corrected chi connectivity index (χ0v) is 5.40. The van der Waals surface area contributed by atoms with Gasteiger partial charge in [0.15, 0.2) is 0 Å². The van der Waals surface area contributed by atoms with Crippen molar-refractivity contribution in [2.45, 2.75) is 0 Å². The second kappa shape index (κ2) is 2.02. The molecule has 1 aromatic heterocycles. The number of aromatic nitrogens is 2. The lowest BCUT2D eigenvalue weighted by Crippen LogP contribution is -2.17. The normalized spacial score (nSPS) is 9.70. The van der Waals surface area contributed by atoms with Crippen molar-refractivity contribution in [3.05, 3.63) is 16.4 Å². The summed E-state index contributed by atoms with van der Waals surface area (Å²) in [6.07, 6.45) is 0. The largest absolute Gasteiger partial charge is 0.480 e. The number of hydrogen-bond donors (Lipinski definition) is 2. The molecule has 0 aliphatic rings. The number of aromatic hydroxyl groups is 1. The molecular weight excluding hydrogens is 134 g/mol. The summed E-state index contributed by atoms with van der Waals surface area (Å²) in [5.74, 6) is 0.0283. The molecule has 1 heterocycles. The smallest absolute Gasteiger partial charge is 0.298 e. The first-order valence-electron chi connectivity index (χ1n) is 2.64. The molecule has 0 spiro atoms. The van der Waals surface area contributed by atoms with Gasteiger partial charge >= 0.3 is 0 Å². The van der Waals surface area contributed by atoms with Gasteiger partial charge in [0.25, 0.3) is 11.6 Å². The third-order valence-electron chi connectivity index (χ3n) is 1.13. The molecule has 0 aliphatic carbocycles. The van der Waals surface area contributed by atoms with Crippen LogP contribution < -0.4 is 11.3 Å². The van der Waals surface area contributed by atoms with Crippen molar-refractivity contribution in [2.24, 2.45) is 7.05 Å². The van der Waals surface area contributed by atoms with E-state index < -0.39 is 0 Å². The van der Waals surface area contributed by atoms with Gasteiger partial charge in [-0.05, 0) is 0 Å². The second-order valence-corrected chi connectivity index (χ2v) is 1.88. The maximum Gasteiger partial charge on any atom is 0.298 e. The Morgan fingerprint density at radius 2 is 2.40 bits per heavy atom. The summed E-state index contributed by atoms with van der Waals surface area (Å²) in [4.78, 5) is 14.2. The van der Waals surface area contributed by atoms with Crippen molar-refractivity contribution in [3.63, 3.8) is 0 Å². The average Bonchev–Trinajstić information content (AvgIpc) is 1.82. The minimum atomic E-state index is -0.370. The van der Waals surface area contributed by atoms with E-state index in [-0.39, 0.29) is 17.4 Å². The van der Waals surface area contributed by atoms with Crippen LogP contribution in [0.15, 0.2) is 10.9 Å². The summed E-state index contributed by atoms with van der Waals surface area (Å²) in [6, 6.07) is 0.768. The summed E-state index contributed by atoms with van der Waals surface area (Å²) in [5.41, 5.74) is 4.77. The molecule has 0 atom stereocenters. The van der Waals surface area contributed by atoms with Crippen molar-refractivity contribution in [1.29, 1.82) is 0 Å². The Kier molecular flexibility index (Phi) is 1.33. The molecule has 10 heavy (non-hydrogen) atoms. The van der Waals surface area contributed by atoms with E-state index in [4.69, 9.17) is 10.8 Å². The van der Waals surface area contributed by atoms with Crippen molar-refractivity contribution >= 4 is 5.82 Å². The highest BCUT2D eigenvalue weighted by molar-refractivity contribution is 5.26. The molecule has 0 aromatic carbocycles. The fraction of sp³-hybridized carbons (Fsp3) is 0.200. The Morgan fingerprint density at radius 1 is 1.80 bits per heavy atom. The molecule has 3 N–H and O–H groups in total. The first kappa shape index (κ1) is 6.60. The van der Waals surface area contributed by atoms with Crippen LogP contribution in [0.25, 0.3) is 0 Å². The van der Waals surface area contributed by atoms with Crippen LogP contribution in [0, 0.1) is 0 Å². The lowest BCUT2D eigenvalue weighted by Gasteiger charge is -1.98. The van der Waals surface area contributed by atoms with Gasteiger partial charge in [0, 0.05) is 13.1 Å². The zero-order chi connectivity index (χ0) is 7.72. The van der Waals surface area contributed by atoms with E-state index in [0.29, 0.717) is 0 Å².